The fraction of sp³-hybridized carbons (Fsp3) is 0.500. The number of aliphatic hydroxyl groups is 1. The van der Waals surface area contributed by atoms with Crippen molar-refractivity contribution in [3.8, 4) is 0 Å². The number of aliphatic hydroxyl groups excluding tert-OH is 1. The summed E-state index contributed by atoms with van der Waals surface area (Å²) < 4.78 is 16.9. The van der Waals surface area contributed by atoms with Gasteiger partial charge in [0, 0.05) is 12.0 Å². The molecule has 2 aliphatic rings. The maximum Gasteiger partial charge on any atom is 0.182 e. The minimum absolute atomic E-state index is 0.0747. The molecule has 1 aliphatic heterocycles. The Morgan fingerprint density at radius 2 is 1.90 bits per heavy atom. The average molecular weight is 276 g/mol. The van der Waals surface area contributed by atoms with Crippen molar-refractivity contribution in [3.63, 3.8) is 0 Å². The van der Waals surface area contributed by atoms with Gasteiger partial charge in [-0.25, -0.2) is 0 Å². The lowest BCUT2D eigenvalue weighted by atomic mass is 10.2. The van der Waals surface area contributed by atoms with Gasteiger partial charge in [0.1, 0.15) is 0 Å². The van der Waals surface area contributed by atoms with E-state index in [1.54, 1.807) is 0 Å². The molecule has 0 aromatic heterocycles. The monoisotopic (exact) mass is 276 g/mol. The lowest BCUT2D eigenvalue weighted by Gasteiger charge is -2.25. The van der Waals surface area contributed by atoms with Crippen LogP contribution in [0.2, 0.25) is 0 Å². The third-order valence-corrected chi connectivity index (χ3v) is 3.62. The van der Waals surface area contributed by atoms with Gasteiger partial charge in [-0.2, -0.15) is 0 Å². The van der Waals surface area contributed by atoms with Crippen LogP contribution in [-0.4, -0.2) is 36.8 Å². The third-order valence-electron chi connectivity index (χ3n) is 3.62. The van der Waals surface area contributed by atoms with Gasteiger partial charge in [0.15, 0.2) is 6.29 Å². The van der Waals surface area contributed by atoms with Gasteiger partial charge in [0.25, 0.3) is 0 Å². The number of hydrogen-bond donors (Lipinski definition) is 1. The van der Waals surface area contributed by atoms with Gasteiger partial charge < -0.3 is 19.3 Å². The van der Waals surface area contributed by atoms with Crippen LogP contribution in [0.25, 0.3) is 0 Å². The lowest BCUT2D eigenvalue weighted by molar-refractivity contribution is -0.161. The summed E-state index contributed by atoms with van der Waals surface area (Å²) in [6, 6.07) is 10.0. The highest BCUT2D eigenvalue weighted by Crippen LogP contribution is 2.28. The van der Waals surface area contributed by atoms with Crippen molar-refractivity contribution in [2.24, 2.45) is 0 Å². The van der Waals surface area contributed by atoms with Crippen LogP contribution < -0.4 is 0 Å². The molecule has 4 nitrogen and oxygen atoms in total. The van der Waals surface area contributed by atoms with E-state index in [4.69, 9.17) is 14.2 Å². The predicted octanol–water partition coefficient (Wildman–Crippen LogP) is 2.03. The Balaban J connectivity index is 1.57. The molecular weight excluding hydrogens is 256 g/mol. The molecule has 1 fully saturated rings. The van der Waals surface area contributed by atoms with Crippen LogP contribution in [0.1, 0.15) is 18.4 Å². The fourth-order valence-corrected chi connectivity index (χ4v) is 2.56. The molecule has 0 saturated carbocycles. The third kappa shape index (κ3) is 3.27. The molecule has 1 heterocycles. The molecule has 1 saturated heterocycles. The molecule has 2 atom stereocenters. The van der Waals surface area contributed by atoms with E-state index in [2.05, 4.69) is 0 Å². The molecule has 108 valence electrons. The molecule has 3 rings (SSSR count). The molecular formula is C16H20O4. The Bertz CT molecular complexity index is 451. The molecule has 1 aromatic rings. The van der Waals surface area contributed by atoms with Crippen LogP contribution in [0.3, 0.4) is 0 Å². The molecule has 0 unspecified atom stereocenters. The van der Waals surface area contributed by atoms with E-state index in [1.165, 1.54) is 0 Å². The van der Waals surface area contributed by atoms with E-state index in [9.17, 15) is 5.11 Å². The first-order chi connectivity index (χ1) is 9.83. The van der Waals surface area contributed by atoms with Crippen molar-refractivity contribution < 1.29 is 19.3 Å². The van der Waals surface area contributed by atoms with E-state index in [-0.39, 0.29) is 6.10 Å². The lowest BCUT2D eigenvalue weighted by Crippen LogP contribution is -2.30. The largest absolute Gasteiger partial charge is 0.388 e. The first-order valence-corrected chi connectivity index (χ1v) is 7.11. The molecule has 0 bridgehead atoms. The molecule has 0 radical (unpaired) electrons. The van der Waals surface area contributed by atoms with Crippen LogP contribution >= 0.6 is 0 Å². The summed E-state index contributed by atoms with van der Waals surface area (Å²) in [5, 5.41) is 10.1. The van der Waals surface area contributed by atoms with Gasteiger partial charge in [-0.15, -0.1) is 0 Å². The minimum atomic E-state index is -0.529. The highest BCUT2D eigenvalue weighted by molar-refractivity contribution is 5.21. The molecule has 0 spiro atoms. The number of hydrogen-bond acceptors (Lipinski definition) is 4. The van der Waals surface area contributed by atoms with E-state index >= 15 is 0 Å². The predicted molar refractivity (Wildman–Crippen MR) is 74.0 cm³/mol. The second-order valence-electron chi connectivity index (χ2n) is 5.18. The first-order valence-electron chi connectivity index (χ1n) is 7.11. The summed E-state index contributed by atoms with van der Waals surface area (Å²) in [7, 11) is 0. The topological polar surface area (TPSA) is 47.9 Å². The van der Waals surface area contributed by atoms with Crippen LogP contribution in [0.5, 0.6) is 0 Å². The molecule has 20 heavy (non-hydrogen) atoms. The smallest absolute Gasteiger partial charge is 0.182 e. The molecule has 4 heteroatoms. The summed E-state index contributed by atoms with van der Waals surface area (Å²) in [5.41, 5.74) is 1.94. The molecule has 0 amide bonds. The van der Waals surface area contributed by atoms with Crippen LogP contribution in [0, 0.1) is 0 Å². The van der Waals surface area contributed by atoms with Crippen molar-refractivity contribution in [3.05, 3.63) is 47.5 Å². The van der Waals surface area contributed by atoms with E-state index in [0.717, 1.165) is 17.6 Å². The van der Waals surface area contributed by atoms with Gasteiger partial charge in [0.05, 0.1) is 32.0 Å². The summed E-state index contributed by atoms with van der Waals surface area (Å²) in [4.78, 5) is 0. The van der Waals surface area contributed by atoms with Gasteiger partial charge >= 0.3 is 0 Å². The zero-order valence-corrected chi connectivity index (χ0v) is 11.4. The van der Waals surface area contributed by atoms with Gasteiger partial charge in [-0.1, -0.05) is 30.3 Å². The Labute approximate surface area is 119 Å². The van der Waals surface area contributed by atoms with Crippen molar-refractivity contribution in [1.29, 1.82) is 0 Å². The Kier molecular flexibility index (Phi) is 4.47. The summed E-state index contributed by atoms with van der Waals surface area (Å²) in [6.07, 6.45) is 2.43. The van der Waals surface area contributed by atoms with Crippen molar-refractivity contribution in [1.82, 2.24) is 0 Å². The maximum absolute atomic E-state index is 10.1. The van der Waals surface area contributed by atoms with Crippen molar-refractivity contribution in [2.75, 3.05) is 13.2 Å². The summed E-state index contributed by atoms with van der Waals surface area (Å²) in [5.74, 6) is 0. The summed E-state index contributed by atoms with van der Waals surface area (Å²) in [6.45, 7) is 1.92. The Morgan fingerprint density at radius 1 is 1.15 bits per heavy atom. The molecule has 1 N–H and O–H groups in total. The normalized spacial score (nSPS) is 27.6. The van der Waals surface area contributed by atoms with Crippen LogP contribution in [-0.2, 0) is 20.8 Å². The zero-order valence-electron chi connectivity index (χ0n) is 11.4. The highest BCUT2D eigenvalue weighted by atomic mass is 16.7. The van der Waals surface area contributed by atoms with E-state index in [0.29, 0.717) is 26.2 Å². The molecule has 1 aliphatic carbocycles. The molecule has 1 aromatic carbocycles. The van der Waals surface area contributed by atoms with Gasteiger partial charge in [-0.3, -0.25) is 0 Å². The van der Waals surface area contributed by atoms with Crippen LogP contribution in [0.15, 0.2) is 42.0 Å². The maximum atomic E-state index is 10.1. The second-order valence-corrected chi connectivity index (χ2v) is 5.18. The number of rotatable bonds is 4. The van der Waals surface area contributed by atoms with Crippen LogP contribution in [0.4, 0.5) is 0 Å². The Hall–Kier alpha value is -1.20. The number of benzene rings is 1. The minimum Gasteiger partial charge on any atom is -0.388 e. The number of ether oxygens (including phenoxy) is 3. The quantitative estimate of drug-likeness (QED) is 0.855. The SMILES string of the molecule is O[C@H]1C[C@@H](OCc2ccccc2)C=C1C1OCCCO1. The summed E-state index contributed by atoms with van der Waals surface area (Å²) >= 11 is 0. The van der Waals surface area contributed by atoms with Crippen molar-refractivity contribution >= 4 is 0 Å². The zero-order chi connectivity index (χ0) is 13.8. The van der Waals surface area contributed by atoms with Gasteiger partial charge in [-0.05, 0) is 18.1 Å². The fourth-order valence-electron chi connectivity index (χ4n) is 2.56. The standard InChI is InChI=1S/C16H20O4/c17-15-10-13(20-11-12-5-2-1-3-6-12)9-14(15)16-18-7-4-8-19-16/h1-3,5-6,9,13,15-17H,4,7-8,10-11H2/t13-,15-/m0/s1. The first kappa shape index (κ1) is 13.8. The van der Waals surface area contributed by atoms with E-state index < -0.39 is 12.4 Å². The Morgan fingerprint density at radius 3 is 2.65 bits per heavy atom. The van der Waals surface area contributed by atoms with Crippen molar-refractivity contribution in [2.45, 2.75) is 37.9 Å². The van der Waals surface area contributed by atoms with E-state index in [1.807, 2.05) is 36.4 Å². The second kappa shape index (κ2) is 6.50. The van der Waals surface area contributed by atoms with Gasteiger partial charge in [0.2, 0.25) is 0 Å². The average Bonchev–Trinajstić information content (AvgIpc) is 2.88. The highest BCUT2D eigenvalue weighted by Gasteiger charge is 2.32.